The Kier molecular flexibility index (Phi) is 12.4. The van der Waals surface area contributed by atoms with Crippen molar-refractivity contribution >= 4 is 31.9 Å². The van der Waals surface area contributed by atoms with E-state index in [2.05, 4.69) is 38.8 Å². The van der Waals surface area contributed by atoms with Gasteiger partial charge in [-0.3, -0.25) is 0 Å². The molecule has 0 rings (SSSR count). The minimum absolute atomic E-state index is 1.18. The van der Waals surface area contributed by atoms with Gasteiger partial charge in [-0.05, 0) is 17.8 Å². The van der Waals surface area contributed by atoms with Crippen molar-refractivity contribution in [2.24, 2.45) is 0 Å². The third kappa shape index (κ3) is 10.8. The summed E-state index contributed by atoms with van der Waals surface area (Å²) in [6.45, 7) is 2.27. The molecule has 0 aliphatic carbocycles. The van der Waals surface area contributed by atoms with E-state index in [4.69, 9.17) is 0 Å². The third-order valence-corrected chi connectivity index (χ3v) is 4.18. The molecule has 0 heterocycles. The van der Waals surface area contributed by atoms with Crippen LogP contribution >= 0.6 is 31.9 Å². The highest BCUT2D eigenvalue weighted by Gasteiger charge is 1.93. The van der Waals surface area contributed by atoms with Gasteiger partial charge >= 0.3 is 0 Å². The monoisotopic (exact) mass is 324 g/mol. The Labute approximate surface area is 106 Å². The molecule has 14 heavy (non-hydrogen) atoms. The molecule has 0 amide bonds. The molecule has 0 spiro atoms. The van der Waals surface area contributed by atoms with Crippen LogP contribution in [0.1, 0.15) is 64.7 Å². The summed E-state index contributed by atoms with van der Waals surface area (Å²) in [6, 6.07) is 0. The van der Waals surface area contributed by atoms with E-state index in [0.717, 1.165) is 0 Å². The first-order valence-corrected chi connectivity index (χ1v) is 7.47. The smallest absolute Gasteiger partial charge is 0.00197 e. The second-order valence-corrected chi connectivity index (χ2v) is 5.26. The maximum absolute atomic E-state index is 3.49. The van der Waals surface area contributed by atoms with Crippen molar-refractivity contribution in [3.63, 3.8) is 0 Å². The first kappa shape index (κ1) is 14.7. The van der Waals surface area contributed by atoms with Crippen molar-refractivity contribution < 1.29 is 0 Å². The normalized spacial score (nSPS) is 12.1. The van der Waals surface area contributed by atoms with Gasteiger partial charge in [0.1, 0.15) is 0 Å². The van der Waals surface area contributed by atoms with Crippen molar-refractivity contribution in [2.75, 3.05) is 0 Å². The van der Waals surface area contributed by atoms with E-state index in [-0.39, 0.29) is 0 Å². The van der Waals surface area contributed by atoms with Crippen LogP contribution in [-0.2, 0) is 0 Å². The van der Waals surface area contributed by atoms with E-state index >= 15 is 0 Å². The highest BCUT2D eigenvalue weighted by atomic mass is 79.9. The van der Waals surface area contributed by atoms with E-state index in [1.807, 2.05) is 4.99 Å². The zero-order valence-electron chi connectivity index (χ0n) is 9.20. The summed E-state index contributed by atoms with van der Waals surface area (Å²) in [5.74, 6) is 0. The van der Waals surface area contributed by atoms with Crippen LogP contribution in [0.25, 0.3) is 0 Å². The minimum atomic E-state index is 1.18. The van der Waals surface area contributed by atoms with E-state index in [0.29, 0.717) is 0 Å². The Morgan fingerprint density at radius 2 is 1.43 bits per heavy atom. The number of hydrogen-bond donors (Lipinski definition) is 0. The lowest BCUT2D eigenvalue weighted by Crippen LogP contribution is -1.80. The highest BCUT2D eigenvalue weighted by molar-refractivity contribution is 9.14. The van der Waals surface area contributed by atoms with Gasteiger partial charge in [-0.2, -0.15) is 0 Å². The number of rotatable bonds is 9. The van der Waals surface area contributed by atoms with Crippen LogP contribution in [0, 0.1) is 0 Å². The van der Waals surface area contributed by atoms with Crippen LogP contribution in [0.3, 0.4) is 0 Å². The van der Waals surface area contributed by atoms with Gasteiger partial charge in [0.25, 0.3) is 0 Å². The number of hydrogen-bond acceptors (Lipinski definition) is 0. The van der Waals surface area contributed by atoms with Gasteiger partial charge in [-0.15, -0.1) is 0 Å². The fourth-order valence-corrected chi connectivity index (χ4v) is 1.99. The molecule has 0 bridgehead atoms. The van der Waals surface area contributed by atoms with Crippen molar-refractivity contribution in [2.45, 2.75) is 64.7 Å². The molecule has 0 fully saturated rings. The molecule has 0 aromatic heterocycles. The molecule has 0 atom stereocenters. The molecule has 0 saturated heterocycles. The first-order valence-electron chi connectivity index (χ1n) is 5.76. The van der Waals surface area contributed by atoms with Gasteiger partial charge in [0.2, 0.25) is 0 Å². The van der Waals surface area contributed by atoms with Gasteiger partial charge in [-0.1, -0.05) is 83.7 Å². The Hall–Kier alpha value is 0.700. The second kappa shape index (κ2) is 11.8. The van der Waals surface area contributed by atoms with E-state index < -0.39 is 0 Å². The predicted octanol–water partition coefficient (Wildman–Crippen LogP) is 6.15. The van der Waals surface area contributed by atoms with E-state index in [1.54, 1.807) is 0 Å². The zero-order valence-corrected chi connectivity index (χ0v) is 12.4. The summed E-state index contributed by atoms with van der Waals surface area (Å²) < 4.78 is 1.28. The van der Waals surface area contributed by atoms with Gasteiger partial charge in [0, 0.05) is 4.48 Å². The van der Waals surface area contributed by atoms with Crippen molar-refractivity contribution in [3.05, 3.63) is 9.47 Å². The maximum Gasteiger partial charge on any atom is 0.00197 e. The van der Waals surface area contributed by atoms with Crippen LogP contribution < -0.4 is 0 Å². The Morgan fingerprint density at radius 3 is 1.93 bits per heavy atom. The number of allylic oxidation sites excluding steroid dienone is 1. The highest BCUT2D eigenvalue weighted by Crippen LogP contribution is 2.17. The largest absolute Gasteiger partial charge is 0.0654 e. The molecule has 0 aromatic carbocycles. The molecule has 0 aliphatic heterocycles. The summed E-state index contributed by atoms with van der Waals surface area (Å²) in [5, 5.41) is 0. The Balaban J connectivity index is 2.99. The quantitative estimate of drug-likeness (QED) is 0.446. The third-order valence-electron chi connectivity index (χ3n) is 2.39. The molecule has 0 aliphatic rings. The standard InChI is InChI=1S/C12H22Br2/c1-2-3-4-5-6-7-8-9-10-12(14)11-13/h11H,2-10H2,1H3/b12-11+. The lowest BCUT2D eigenvalue weighted by atomic mass is 10.1. The molecule has 84 valence electrons. The van der Waals surface area contributed by atoms with Crippen LogP contribution in [0.5, 0.6) is 0 Å². The molecular weight excluding hydrogens is 304 g/mol. The van der Waals surface area contributed by atoms with Crippen LogP contribution in [0.15, 0.2) is 9.47 Å². The van der Waals surface area contributed by atoms with Crippen molar-refractivity contribution in [1.29, 1.82) is 0 Å². The van der Waals surface area contributed by atoms with Crippen molar-refractivity contribution in [3.8, 4) is 0 Å². The van der Waals surface area contributed by atoms with Crippen LogP contribution in [0.2, 0.25) is 0 Å². The topological polar surface area (TPSA) is 0 Å². The van der Waals surface area contributed by atoms with Crippen LogP contribution in [0.4, 0.5) is 0 Å². The minimum Gasteiger partial charge on any atom is -0.0654 e. The van der Waals surface area contributed by atoms with Gasteiger partial charge in [0.05, 0.1) is 0 Å². The molecular formula is C12H22Br2. The van der Waals surface area contributed by atoms with Gasteiger partial charge < -0.3 is 0 Å². The van der Waals surface area contributed by atoms with Crippen LogP contribution in [-0.4, -0.2) is 0 Å². The molecule has 0 aromatic rings. The van der Waals surface area contributed by atoms with E-state index in [9.17, 15) is 0 Å². The molecule has 0 radical (unpaired) electrons. The molecule has 0 N–H and O–H groups in total. The molecule has 0 nitrogen and oxygen atoms in total. The summed E-state index contributed by atoms with van der Waals surface area (Å²) in [7, 11) is 0. The molecule has 2 heteroatoms. The average Bonchev–Trinajstić information content (AvgIpc) is 2.21. The average molecular weight is 326 g/mol. The number of unbranched alkanes of at least 4 members (excludes halogenated alkanes) is 7. The lowest BCUT2D eigenvalue weighted by Gasteiger charge is -2.01. The lowest BCUT2D eigenvalue weighted by molar-refractivity contribution is 0.577. The predicted molar refractivity (Wildman–Crippen MR) is 73.2 cm³/mol. The maximum atomic E-state index is 3.49. The SMILES string of the molecule is CCCCCCCCCC/C(Br)=C\Br. The zero-order chi connectivity index (χ0) is 10.6. The summed E-state index contributed by atoms with van der Waals surface area (Å²) in [4.78, 5) is 1.97. The van der Waals surface area contributed by atoms with Gasteiger partial charge in [-0.25, -0.2) is 0 Å². The van der Waals surface area contributed by atoms with Crippen molar-refractivity contribution in [1.82, 2.24) is 0 Å². The fraction of sp³-hybridized carbons (Fsp3) is 0.833. The van der Waals surface area contributed by atoms with E-state index in [1.165, 1.54) is 62.3 Å². The summed E-state index contributed by atoms with van der Waals surface area (Å²) in [5.41, 5.74) is 0. The Bertz CT molecular complexity index is 141. The number of halogens is 2. The fourth-order valence-electron chi connectivity index (χ4n) is 1.48. The second-order valence-electron chi connectivity index (χ2n) is 3.78. The summed E-state index contributed by atoms with van der Waals surface area (Å²) >= 11 is 6.81. The molecule has 0 unspecified atom stereocenters. The van der Waals surface area contributed by atoms with Gasteiger partial charge in [0.15, 0.2) is 0 Å². The summed E-state index contributed by atoms with van der Waals surface area (Å²) in [6.07, 6.45) is 12.3. The first-order chi connectivity index (χ1) is 6.81. The molecule has 0 saturated carbocycles. The Morgan fingerprint density at radius 1 is 0.929 bits per heavy atom.